The van der Waals surface area contributed by atoms with Crippen molar-refractivity contribution in [2.24, 2.45) is 17.8 Å². The molecule has 0 saturated heterocycles. The van der Waals surface area contributed by atoms with Gasteiger partial charge in [0, 0.05) is 16.6 Å². The van der Waals surface area contributed by atoms with E-state index in [0.29, 0.717) is 27.6 Å². The Morgan fingerprint density at radius 3 is 2.72 bits per heavy atom. The molecule has 150 valence electrons. The zero-order valence-corrected chi connectivity index (χ0v) is 17.7. The molecule has 0 bridgehead atoms. The molecule has 1 aromatic heterocycles. The molecule has 0 N–H and O–H groups in total. The minimum Gasteiger partial charge on any atom is -0.483 e. The maximum absolute atomic E-state index is 13.7. The molecule has 3 heterocycles. The Labute approximate surface area is 178 Å². The summed E-state index contributed by atoms with van der Waals surface area (Å²) in [5.74, 6) is 0.637. The Morgan fingerprint density at radius 1 is 1.21 bits per heavy atom. The molecule has 1 saturated carbocycles. The molecule has 5 nitrogen and oxygen atoms in total. The van der Waals surface area contributed by atoms with Crippen molar-refractivity contribution in [3.63, 3.8) is 0 Å². The van der Waals surface area contributed by atoms with Crippen LogP contribution in [0.3, 0.4) is 0 Å². The molecule has 1 aliphatic carbocycles. The number of amides is 1. The highest BCUT2D eigenvalue weighted by Crippen LogP contribution is 2.50. The Balaban J connectivity index is 1.64. The van der Waals surface area contributed by atoms with E-state index in [4.69, 9.17) is 16.3 Å². The van der Waals surface area contributed by atoms with Gasteiger partial charge in [-0.1, -0.05) is 37.6 Å². The number of fused-ring (bicyclic) bond motifs is 1. The number of hydrogen-bond acceptors (Lipinski definition) is 5. The summed E-state index contributed by atoms with van der Waals surface area (Å²) < 4.78 is 6.24. The van der Waals surface area contributed by atoms with Crippen LogP contribution >= 0.6 is 22.9 Å². The number of ketones is 1. The number of anilines is 1. The third kappa shape index (κ3) is 2.92. The minimum atomic E-state index is -0.564. The first-order chi connectivity index (χ1) is 14.0. The lowest BCUT2D eigenvalue weighted by molar-refractivity contribution is -0.134. The molecule has 2 aliphatic heterocycles. The number of ether oxygens (including phenoxy) is 1. The molecule has 0 spiro atoms. The van der Waals surface area contributed by atoms with E-state index in [1.54, 1.807) is 23.2 Å². The maximum atomic E-state index is 13.7. The van der Waals surface area contributed by atoms with E-state index in [-0.39, 0.29) is 29.5 Å². The SMILES string of the molecule is CC1CC2OC3=C(C(=O)C2CC1C)C(c1cccc(Cl)c1)N(c1nccs1)C3=O. The predicted molar refractivity (Wildman–Crippen MR) is 112 cm³/mol. The monoisotopic (exact) mass is 428 g/mol. The fraction of sp³-hybridized carbons (Fsp3) is 0.409. The molecule has 7 heteroatoms. The quantitative estimate of drug-likeness (QED) is 0.690. The van der Waals surface area contributed by atoms with E-state index in [0.717, 1.165) is 18.4 Å². The summed E-state index contributed by atoms with van der Waals surface area (Å²) in [5, 5.41) is 2.93. The molecule has 1 aromatic carbocycles. The highest BCUT2D eigenvalue weighted by Gasteiger charge is 2.54. The molecule has 5 unspecified atom stereocenters. The fourth-order valence-electron chi connectivity index (χ4n) is 4.79. The summed E-state index contributed by atoms with van der Waals surface area (Å²) in [6, 6.07) is 6.75. The number of Topliss-reactive ketones (excluding diaryl/α,β-unsaturated/α-hetero) is 1. The van der Waals surface area contributed by atoms with Crippen molar-refractivity contribution < 1.29 is 14.3 Å². The van der Waals surface area contributed by atoms with E-state index in [1.807, 2.05) is 17.5 Å². The lowest BCUT2D eigenvalue weighted by atomic mass is 9.70. The first kappa shape index (κ1) is 18.8. The smallest absolute Gasteiger partial charge is 0.296 e. The van der Waals surface area contributed by atoms with Crippen molar-refractivity contribution in [1.82, 2.24) is 4.98 Å². The van der Waals surface area contributed by atoms with E-state index >= 15 is 0 Å². The number of nitrogens with zero attached hydrogens (tertiary/aromatic N) is 2. The van der Waals surface area contributed by atoms with Crippen LogP contribution in [-0.2, 0) is 14.3 Å². The van der Waals surface area contributed by atoms with Gasteiger partial charge in [0.2, 0.25) is 0 Å². The van der Waals surface area contributed by atoms with E-state index in [9.17, 15) is 9.59 Å². The lowest BCUT2D eigenvalue weighted by Gasteiger charge is -2.40. The molecule has 5 atom stereocenters. The Morgan fingerprint density at radius 2 is 2.00 bits per heavy atom. The third-order valence-corrected chi connectivity index (χ3v) is 7.51. The summed E-state index contributed by atoms with van der Waals surface area (Å²) in [7, 11) is 0. The molecule has 2 aromatic rings. The fourth-order valence-corrected chi connectivity index (χ4v) is 5.65. The van der Waals surface area contributed by atoms with Gasteiger partial charge in [0.15, 0.2) is 16.7 Å². The molecule has 3 aliphatic rings. The van der Waals surface area contributed by atoms with E-state index in [2.05, 4.69) is 18.8 Å². The summed E-state index contributed by atoms with van der Waals surface area (Å²) in [4.78, 5) is 33.0. The number of carbonyl (C=O) groups excluding carboxylic acids is 2. The first-order valence-electron chi connectivity index (χ1n) is 9.89. The Hall–Kier alpha value is -2.18. The van der Waals surface area contributed by atoms with Gasteiger partial charge >= 0.3 is 0 Å². The molecule has 1 fully saturated rings. The minimum absolute atomic E-state index is 0.0346. The van der Waals surface area contributed by atoms with Crippen LogP contribution in [0.1, 0.15) is 38.3 Å². The average Bonchev–Trinajstić information content (AvgIpc) is 3.30. The van der Waals surface area contributed by atoms with Gasteiger partial charge in [0.25, 0.3) is 5.91 Å². The maximum Gasteiger partial charge on any atom is 0.296 e. The van der Waals surface area contributed by atoms with Crippen molar-refractivity contribution >= 4 is 39.8 Å². The van der Waals surface area contributed by atoms with Gasteiger partial charge in [-0.2, -0.15) is 0 Å². The standard InChI is InChI=1S/C22H21ClN2O3S/c1-11-8-15-16(9-12(11)2)28-20-17(19(15)26)18(13-4-3-5-14(23)10-13)25(21(20)27)22-24-6-7-29-22/h3-7,10-12,15-16,18H,8-9H2,1-2H3. The van der Waals surface area contributed by atoms with Crippen molar-refractivity contribution in [2.45, 2.75) is 38.8 Å². The number of hydrogen-bond donors (Lipinski definition) is 0. The van der Waals surface area contributed by atoms with Crippen LogP contribution in [-0.4, -0.2) is 22.8 Å². The van der Waals surface area contributed by atoms with Crippen LogP contribution in [0.25, 0.3) is 0 Å². The second-order valence-electron chi connectivity index (χ2n) is 8.24. The largest absolute Gasteiger partial charge is 0.483 e. The van der Waals surface area contributed by atoms with Crippen molar-refractivity contribution in [1.29, 1.82) is 0 Å². The topological polar surface area (TPSA) is 59.5 Å². The van der Waals surface area contributed by atoms with Gasteiger partial charge < -0.3 is 4.74 Å². The van der Waals surface area contributed by atoms with Crippen LogP contribution in [0.4, 0.5) is 5.13 Å². The molecular formula is C22H21ClN2O3S. The van der Waals surface area contributed by atoms with Crippen LogP contribution in [0.5, 0.6) is 0 Å². The molecular weight excluding hydrogens is 408 g/mol. The summed E-state index contributed by atoms with van der Waals surface area (Å²) in [6.45, 7) is 4.37. The van der Waals surface area contributed by atoms with Gasteiger partial charge in [-0.25, -0.2) is 4.98 Å². The van der Waals surface area contributed by atoms with E-state index < -0.39 is 6.04 Å². The molecule has 5 rings (SSSR count). The number of rotatable bonds is 2. The summed E-state index contributed by atoms with van der Waals surface area (Å²) in [5.41, 5.74) is 1.24. The number of carbonyl (C=O) groups is 2. The summed E-state index contributed by atoms with van der Waals surface area (Å²) in [6.07, 6.45) is 3.01. The zero-order chi connectivity index (χ0) is 20.3. The van der Waals surface area contributed by atoms with Gasteiger partial charge in [-0.05, 0) is 42.4 Å². The van der Waals surface area contributed by atoms with Crippen LogP contribution < -0.4 is 4.90 Å². The van der Waals surface area contributed by atoms with Crippen molar-refractivity contribution in [3.8, 4) is 0 Å². The lowest BCUT2D eigenvalue weighted by Crippen LogP contribution is -2.43. The number of benzene rings is 1. The first-order valence-corrected chi connectivity index (χ1v) is 11.1. The number of thiazole rings is 1. The second kappa shape index (κ2) is 6.96. The van der Waals surface area contributed by atoms with Gasteiger partial charge in [-0.15, -0.1) is 11.3 Å². The zero-order valence-electron chi connectivity index (χ0n) is 16.2. The molecule has 1 amide bonds. The molecule has 0 radical (unpaired) electrons. The number of halogens is 1. The van der Waals surface area contributed by atoms with Gasteiger partial charge in [0.1, 0.15) is 6.10 Å². The average molecular weight is 429 g/mol. The van der Waals surface area contributed by atoms with Gasteiger partial charge in [0.05, 0.1) is 17.5 Å². The van der Waals surface area contributed by atoms with Crippen LogP contribution in [0.15, 0.2) is 47.2 Å². The second-order valence-corrected chi connectivity index (χ2v) is 9.55. The summed E-state index contributed by atoms with van der Waals surface area (Å²) >= 11 is 7.61. The number of aromatic nitrogens is 1. The van der Waals surface area contributed by atoms with Crippen molar-refractivity contribution in [2.75, 3.05) is 4.90 Å². The van der Waals surface area contributed by atoms with Gasteiger partial charge in [-0.3, -0.25) is 14.5 Å². The Bertz CT molecular complexity index is 1020. The van der Waals surface area contributed by atoms with Crippen molar-refractivity contribution in [3.05, 3.63) is 57.8 Å². The normalized spacial score (nSPS) is 31.6. The van der Waals surface area contributed by atoms with Crippen LogP contribution in [0, 0.1) is 17.8 Å². The van der Waals surface area contributed by atoms with E-state index in [1.165, 1.54) is 11.3 Å². The predicted octanol–water partition coefficient (Wildman–Crippen LogP) is 4.79. The third-order valence-electron chi connectivity index (χ3n) is 6.50. The highest BCUT2D eigenvalue weighted by atomic mass is 35.5. The van der Waals surface area contributed by atoms with Crippen LogP contribution in [0.2, 0.25) is 5.02 Å². The highest BCUT2D eigenvalue weighted by molar-refractivity contribution is 7.13. The Kier molecular flexibility index (Phi) is 4.51. The molecule has 29 heavy (non-hydrogen) atoms.